The molecule has 3 heterocycles. The van der Waals surface area contributed by atoms with Gasteiger partial charge in [-0.05, 0) is 43.5 Å². The first-order valence-electron chi connectivity index (χ1n) is 8.91. The van der Waals surface area contributed by atoms with E-state index in [4.69, 9.17) is 14.5 Å². The van der Waals surface area contributed by atoms with Crippen molar-refractivity contribution in [1.82, 2.24) is 14.8 Å². The van der Waals surface area contributed by atoms with Crippen molar-refractivity contribution >= 4 is 11.7 Å². The Kier molecular flexibility index (Phi) is 5.88. The number of methoxy groups -OCH3 is 2. The van der Waals surface area contributed by atoms with E-state index >= 15 is 0 Å². The lowest BCUT2D eigenvalue weighted by molar-refractivity contribution is -0.131. The fourth-order valence-electron chi connectivity index (χ4n) is 3.54. The molecule has 0 radical (unpaired) electrons. The minimum Gasteiger partial charge on any atom is -0.370 e. The molecule has 0 unspecified atom stereocenters. The van der Waals surface area contributed by atoms with Gasteiger partial charge in [0.2, 0.25) is 12.2 Å². The van der Waals surface area contributed by atoms with Gasteiger partial charge in [-0.25, -0.2) is 4.98 Å². The van der Waals surface area contributed by atoms with Crippen LogP contribution in [0.15, 0.2) is 6.07 Å². The highest BCUT2D eigenvalue weighted by Crippen LogP contribution is 2.29. The van der Waals surface area contributed by atoms with Gasteiger partial charge in [0.1, 0.15) is 11.5 Å². The first kappa shape index (κ1) is 18.1. The van der Waals surface area contributed by atoms with Crippen molar-refractivity contribution in [2.24, 2.45) is 0 Å². The van der Waals surface area contributed by atoms with Crippen molar-refractivity contribution in [2.75, 3.05) is 52.8 Å². The summed E-state index contributed by atoms with van der Waals surface area (Å²) in [6.45, 7) is 3.65. The van der Waals surface area contributed by atoms with Crippen molar-refractivity contribution in [3.63, 3.8) is 0 Å². The summed E-state index contributed by atoms with van der Waals surface area (Å²) < 4.78 is 10.9. The van der Waals surface area contributed by atoms with Crippen LogP contribution in [0.25, 0.3) is 0 Å². The van der Waals surface area contributed by atoms with Crippen molar-refractivity contribution in [3.8, 4) is 0 Å². The Bertz CT molecular complexity index is 619. The molecule has 2 aliphatic rings. The molecule has 1 aromatic rings. The summed E-state index contributed by atoms with van der Waals surface area (Å²) >= 11 is 0. The van der Waals surface area contributed by atoms with E-state index in [1.54, 1.807) is 14.2 Å². The molecule has 1 saturated heterocycles. The number of ether oxygens (including phenoxy) is 2. The normalized spacial score (nSPS) is 18.9. The van der Waals surface area contributed by atoms with E-state index in [1.807, 2.05) is 11.9 Å². The fraction of sp³-hybridized carbons (Fsp3) is 0.667. The molecule has 7 heteroatoms. The van der Waals surface area contributed by atoms with E-state index in [-0.39, 0.29) is 5.91 Å². The average molecular weight is 348 g/mol. The average Bonchev–Trinajstić information content (AvgIpc) is 2.76. The Balaban J connectivity index is 1.91. The van der Waals surface area contributed by atoms with Crippen LogP contribution in [0.5, 0.6) is 0 Å². The van der Waals surface area contributed by atoms with Crippen molar-refractivity contribution in [3.05, 3.63) is 22.9 Å². The van der Waals surface area contributed by atoms with Crippen molar-refractivity contribution < 1.29 is 14.3 Å². The van der Waals surface area contributed by atoms with Gasteiger partial charge in [-0.15, -0.1) is 0 Å². The SMILES string of the molecule is COC(OC)c1nc2c(cc1CN1CCCN(C)CC1=O)CCCN2. The highest BCUT2D eigenvalue weighted by molar-refractivity contribution is 5.78. The molecule has 1 aromatic heterocycles. The largest absolute Gasteiger partial charge is 0.370 e. The number of carbonyl (C=O) groups excluding carboxylic acids is 1. The molecule has 7 nitrogen and oxygen atoms in total. The lowest BCUT2D eigenvalue weighted by Crippen LogP contribution is -2.35. The highest BCUT2D eigenvalue weighted by Gasteiger charge is 2.25. The van der Waals surface area contributed by atoms with E-state index in [0.29, 0.717) is 13.1 Å². The molecule has 0 saturated carbocycles. The van der Waals surface area contributed by atoms with E-state index in [0.717, 1.165) is 56.0 Å². The number of hydrogen-bond acceptors (Lipinski definition) is 6. The number of amides is 1. The minimum atomic E-state index is -0.534. The third-order valence-corrected chi connectivity index (χ3v) is 4.87. The molecule has 25 heavy (non-hydrogen) atoms. The Hall–Kier alpha value is -1.70. The fourth-order valence-corrected chi connectivity index (χ4v) is 3.54. The molecule has 0 bridgehead atoms. The third kappa shape index (κ3) is 4.11. The molecule has 138 valence electrons. The second kappa shape index (κ2) is 8.12. The summed E-state index contributed by atoms with van der Waals surface area (Å²) in [6, 6.07) is 2.16. The third-order valence-electron chi connectivity index (χ3n) is 4.87. The van der Waals surface area contributed by atoms with Crippen LogP contribution >= 0.6 is 0 Å². The molecule has 1 N–H and O–H groups in total. The topological polar surface area (TPSA) is 66.9 Å². The maximum atomic E-state index is 12.5. The summed E-state index contributed by atoms with van der Waals surface area (Å²) in [4.78, 5) is 21.3. The number of rotatable bonds is 5. The van der Waals surface area contributed by atoms with Gasteiger partial charge >= 0.3 is 0 Å². The number of likely N-dealkylation sites (N-methyl/N-ethyl adjacent to an activating group) is 1. The highest BCUT2D eigenvalue weighted by atomic mass is 16.7. The van der Waals surface area contributed by atoms with Gasteiger partial charge in [0, 0.05) is 40.4 Å². The van der Waals surface area contributed by atoms with Crippen LogP contribution in [0.3, 0.4) is 0 Å². The summed E-state index contributed by atoms with van der Waals surface area (Å²) in [5.74, 6) is 1.07. The molecular weight excluding hydrogens is 320 g/mol. The number of fused-ring (bicyclic) bond motifs is 1. The molecule has 1 fully saturated rings. The molecule has 3 rings (SSSR count). The van der Waals surface area contributed by atoms with Gasteiger partial charge in [-0.1, -0.05) is 0 Å². The second-order valence-electron chi connectivity index (χ2n) is 6.78. The maximum absolute atomic E-state index is 12.5. The minimum absolute atomic E-state index is 0.160. The number of nitrogens with one attached hydrogen (secondary N) is 1. The number of nitrogens with zero attached hydrogens (tertiary/aromatic N) is 3. The second-order valence-corrected chi connectivity index (χ2v) is 6.78. The molecular formula is C18H28N4O3. The standard InChI is InChI=1S/C18H28N4O3/c1-21-8-5-9-22(15(23)12-21)11-14-10-13-6-4-7-19-17(13)20-16(14)18(24-2)25-3/h10,18H,4-9,11-12H2,1-3H3,(H,19,20). The number of hydrogen-bond donors (Lipinski definition) is 1. The predicted molar refractivity (Wildman–Crippen MR) is 95.3 cm³/mol. The number of aromatic nitrogens is 1. The Morgan fingerprint density at radius 2 is 2.08 bits per heavy atom. The molecule has 2 aliphatic heterocycles. The van der Waals surface area contributed by atoms with Crippen LogP contribution in [0.2, 0.25) is 0 Å². The van der Waals surface area contributed by atoms with E-state index < -0.39 is 6.29 Å². The summed E-state index contributed by atoms with van der Waals surface area (Å²) in [7, 11) is 5.21. The van der Waals surface area contributed by atoms with Crippen molar-refractivity contribution in [1.29, 1.82) is 0 Å². The van der Waals surface area contributed by atoms with Gasteiger partial charge in [-0.2, -0.15) is 0 Å². The first-order valence-corrected chi connectivity index (χ1v) is 8.91. The molecule has 1 amide bonds. The monoisotopic (exact) mass is 348 g/mol. The Labute approximate surface area is 149 Å². The van der Waals surface area contributed by atoms with E-state index in [9.17, 15) is 4.79 Å². The lowest BCUT2D eigenvalue weighted by Gasteiger charge is -2.26. The van der Waals surface area contributed by atoms with Gasteiger partial charge in [0.15, 0.2) is 0 Å². The van der Waals surface area contributed by atoms with Gasteiger partial charge in [-0.3, -0.25) is 9.69 Å². The van der Waals surface area contributed by atoms with E-state index in [2.05, 4.69) is 16.3 Å². The quantitative estimate of drug-likeness (QED) is 0.812. The van der Waals surface area contributed by atoms with Crippen molar-refractivity contribution in [2.45, 2.75) is 32.1 Å². The van der Waals surface area contributed by atoms with Crippen LogP contribution < -0.4 is 5.32 Å². The van der Waals surface area contributed by atoms with Crippen LogP contribution in [0.4, 0.5) is 5.82 Å². The number of pyridine rings is 1. The predicted octanol–water partition coefficient (Wildman–Crippen LogP) is 1.40. The number of aryl methyl sites for hydroxylation is 1. The smallest absolute Gasteiger partial charge is 0.237 e. The number of anilines is 1. The molecule has 0 aromatic carbocycles. The summed E-state index contributed by atoms with van der Waals surface area (Å²) in [5, 5.41) is 3.35. The van der Waals surface area contributed by atoms with Gasteiger partial charge in [0.25, 0.3) is 0 Å². The molecule has 0 atom stereocenters. The van der Waals surface area contributed by atoms with Crippen LogP contribution in [-0.2, 0) is 27.2 Å². The Morgan fingerprint density at radius 1 is 1.28 bits per heavy atom. The zero-order valence-corrected chi connectivity index (χ0v) is 15.4. The maximum Gasteiger partial charge on any atom is 0.237 e. The zero-order valence-electron chi connectivity index (χ0n) is 15.4. The summed E-state index contributed by atoms with van der Waals surface area (Å²) in [5.41, 5.74) is 2.97. The molecule has 0 aliphatic carbocycles. The van der Waals surface area contributed by atoms with Gasteiger partial charge in [0.05, 0.1) is 6.54 Å². The van der Waals surface area contributed by atoms with E-state index in [1.165, 1.54) is 5.56 Å². The summed E-state index contributed by atoms with van der Waals surface area (Å²) in [6.07, 6.45) is 2.55. The Morgan fingerprint density at radius 3 is 2.84 bits per heavy atom. The molecule has 0 spiro atoms. The number of carbonyl (C=O) groups is 1. The first-order chi connectivity index (χ1) is 12.1. The lowest BCUT2D eigenvalue weighted by atomic mass is 10.0. The van der Waals surface area contributed by atoms with Gasteiger partial charge < -0.3 is 19.7 Å². The zero-order chi connectivity index (χ0) is 17.8. The van der Waals surface area contributed by atoms with Crippen LogP contribution in [0, 0.1) is 0 Å². The van der Waals surface area contributed by atoms with Crippen LogP contribution in [-0.4, -0.2) is 68.1 Å². The van der Waals surface area contributed by atoms with Crippen LogP contribution in [0.1, 0.15) is 36.0 Å².